The Hall–Kier alpha value is -3.03. The van der Waals surface area contributed by atoms with Crippen LogP contribution in [-0.4, -0.2) is 30.9 Å². The Balaban J connectivity index is 1.81. The molecule has 0 saturated heterocycles. The van der Waals surface area contributed by atoms with E-state index in [1.807, 2.05) is 72.4 Å². The third-order valence-corrected chi connectivity index (χ3v) is 4.74. The summed E-state index contributed by atoms with van der Waals surface area (Å²) in [6, 6.07) is 17.5. The minimum Gasteiger partial charge on any atom is -0.250 e. The Morgan fingerprint density at radius 1 is 1.14 bits per heavy atom. The number of aryl methyl sites for hydroxylation is 1. The van der Waals surface area contributed by atoms with Crippen molar-refractivity contribution in [2.24, 2.45) is 5.10 Å². The van der Waals surface area contributed by atoms with Crippen LogP contribution in [0.1, 0.15) is 18.3 Å². The number of H-pyrrole nitrogens is 1. The second kappa shape index (κ2) is 7.92. The molecule has 8 heteroatoms. The number of hydrogen-bond acceptors (Lipinski definition) is 4. The summed E-state index contributed by atoms with van der Waals surface area (Å²) in [7, 11) is 0. The zero-order valence-corrected chi connectivity index (χ0v) is 16.7. The number of benzene rings is 2. The summed E-state index contributed by atoms with van der Waals surface area (Å²) in [5.74, 6) is 0.768. The van der Waals surface area contributed by atoms with Crippen molar-refractivity contribution in [3.63, 3.8) is 0 Å². The number of nitrogens with zero attached hydrogens (tertiary/aromatic N) is 5. The van der Waals surface area contributed by atoms with Crippen LogP contribution in [0.2, 0.25) is 5.02 Å². The molecular weight excluding hydrogens is 392 g/mol. The number of aromatic amines is 1. The summed E-state index contributed by atoms with van der Waals surface area (Å²) in [6.07, 6.45) is 4.41. The minimum absolute atomic E-state index is 0.455. The molecule has 0 unspecified atom stereocenters. The molecular formula is C20H17ClN6S. The van der Waals surface area contributed by atoms with E-state index in [1.54, 1.807) is 10.9 Å². The molecule has 0 amide bonds. The molecule has 2 heterocycles. The zero-order valence-electron chi connectivity index (χ0n) is 15.1. The summed E-state index contributed by atoms with van der Waals surface area (Å²) in [6.45, 7) is 2.00. The fourth-order valence-electron chi connectivity index (χ4n) is 2.82. The van der Waals surface area contributed by atoms with Crippen LogP contribution in [0.3, 0.4) is 0 Å². The fraction of sp³-hybridized carbons (Fsp3) is 0.100. The van der Waals surface area contributed by atoms with Gasteiger partial charge in [0.25, 0.3) is 0 Å². The van der Waals surface area contributed by atoms with Crippen molar-refractivity contribution in [1.82, 2.24) is 24.7 Å². The van der Waals surface area contributed by atoms with E-state index in [-0.39, 0.29) is 0 Å². The van der Waals surface area contributed by atoms with Gasteiger partial charge in [-0.05, 0) is 36.5 Å². The first-order chi connectivity index (χ1) is 13.7. The lowest BCUT2D eigenvalue weighted by molar-refractivity contribution is 0.780. The van der Waals surface area contributed by atoms with Crippen LogP contribution in [0.25, 0.3) is 16.9 Å². The molecule has 0 spiro atoms. The van der Waals surface area contributed by atoms with Crippen LogP contribution in [-0.2, 0) is 6.42 Å². The molecule has 2 aromatic heterocycles. The summed E-state index contributed by atoms with van der Waals surface area (Å²) in [5, 5.41) is 16.9. The maximum absolute atomic E-state index is 6.04. The highest BCUT2D eigenvalue weighted by molar-refractivity contribution is 7.71. The average Bonchev–Trinajstić information content (AvgIpc) is 3.31. The standard InChI is InChI=1S/C20H17ClN6S/c1-2-18-23-24-20(28)27(18)22-12-15-13-26(17-6-4-3-5-7-17)25-19(15)14-8-10-16(21)11-9-14/h3-13H,2H2,1H3,(H,24,28)/b22-12-. The predicted molar refractivity (Wildman–Crippen MR) is 114 cm³/mol. The van der Waals surface area contributed by atoms with E-state index in [4.69, 9.17) is 28.9 Å². The first-order valence-corrected chi connectivity index (χ1v) is 9.56. The molecule has 0 aliphatic heterocycles. The Labute approximate surface area is 172 Å². The van der Waals surface area contributed by atoms with Crippen LogP contribution < -0.4 is 0 Å². The van der Waals surface area contributed by atoms with Gasteiger partial charge >= 0.3 is 0 Å². The van der Waals surface area contributed by atoms with E-state index in [9.17, 15) is 0 Å². The van der Waals surface area contributed by atoms with E-state index in [0.29, 0.717) is 9.79 Å². The van der Waals surface area contributed by atoms with Crippen LogP contribution in [0.15, 0.2) is 65.9 Å². The average molecular weight is 409 g/mol. The monoisotopic (exact) mass is 408 g/mol. The molecule has 0 atom stereocenters. The molecule has 0 fully saturated rings. The van der Waals surface area contributed by atoms with Crippen molar-refractivity contribution in [2.45, 2.75) is 13.3 Å². The topological polar surface area (TPSA) is 63.8 Å². The lowest BCUT2D eigenvalue weighted by Gasteiger charge is -2.01. The highest BCUT2D eigenvalue weighted by atomic mass is 35.5. The summed E-state index contributed by atoms with van der Waals surface area (Å²) < 4.78 is 3.92. The third kappa shape index (κ3) is 3.67. The van der Waals surface area contributed by atoms with Gasteiger partial charge in [-0.2, -0.15) is 20.0 Å². The quantitative estimate of drug-likeness (QED) is 0.377. The van der Waals surface area contributed by atoms with Gasteiger partial charge < -0.3 is 0 Å². The first-order valence-electron chi connectivity index (χ1n) is 8.77. The molecule has 0 aliphatic carbocycles. The summed E-state index contributed by atoms with van der Waals surface area (Å²) >= 11 is 11.3. The van der Waals surface area contributed by atoms with Crippen molar-refractivity contribution in [3.05, 3.63) is 82.0 Å². The second-order valence-electron chi connectivity index (χ2n) is 6.07. The zero-order chi connectivity index (χ0) is 19.5. The Bertz CT molecular complexity index is 1170. The molecule has 6 nitrogen and oxygen atoms in total. The van der Waals surface area contributed by atoms with Crippen molar-refractivity contribution in [1.29, 1.82) is 0 Å². The molecule has 28 heavy (non-hydrogen) atoms. The van der Waals surface area contributed by atoms with Gasteiger partial charge in [0, 0.05) is 28.8 Å². The predicted octanol–water partition coefficient (Wildman–Crippen LogP) is 4.89. The molecule has 0 saturated carbocycles. The van der Waals surface area contributed by atoms with E-state index < -0.39 is 0 Å². The maximum Gasteiger partial charge on any atom is 0.216 e. The Morgan fingerprint density at radius 2 is 1.89 bits per heavy atom. The number of rotatable bonds is 5. The number of para-hydroxylation sites is 1. The van der Waals surface area contributed by atoms with Crippen LogP contribution in [0.5, 0.6) is 0 Å². The molecule has 4 aromatic rings. The summed E-state index contributed by atoms with van der Waals surface area (Å²) in [5.41, 5.74) is 3.58. The molecule has 140 valence electrons. The second-order valence-corrected chi connectivity index (χ2v) is 6.90. The largest absolute Gasteiger partial charge is 0.250 e. The highest BCUT2D eigenvalue weighted by Crippen LogP contribution is 2.24. The van der Waals surface area contributed by atoms with Crippen LogP contribution in [0.4, 0.5) is 0 Å². The number of nitrogens with one attached hydrogen (secondary N) is 1. The molecule has 0 bridgehead atoms. The lowest BCUT2D eigenvalue weighted by Crippen LogP contribution is -1.97. The van der Waals surface area contributed by atoms with Gasteiger partial charge in [0.05, 0.1) is 11.9 Å². The van der Waals surface area contributed by atoms with E-state index in [2.05, 4.69) is 15.3 Å². The number of aromatic nitrogens is 5. The van der Waals surface area contributed by atoms with Gasteiger partial charge in [-0.15, -0.1) is 0 Å². The highest BCUT2D eigenvalue weighted by Gasteiger charge is 2.12. The maximum atomic E-state index is 6.04. The molecule has 0 aliphatic rings. The summed E-state index contributed by atoms with van der Waals surface area (Å²) in [4.78, 5) is 0. The normalized spacial score (nSPS) is 11.4. The van der Waals surface area contributed by atoms with Gasteiger partial charge in [0.2, 0.25) is 4.77 Å². The van der Waals surface area contributed by atoms with E-state index in [0.717, 1.165) is 34.8 Å². The Morgan fingerprint density at radius 3 is 2.61 bits per heavy atom. The van der Waals surface area contributed by atoms with E-state index in [1.165, 1.54) is 0 Å². The van der Waals surface area contributed by atoms with Crippen LogP contribution >= 0.6 is 23.8 Å². The van der Waals surface area contributed by atoms with Gasteiger partial charge in [-0.1, -0.05) is 48.9 Å². The Kier molecular flexibility index (Phi) is 5.18. The van der Waals surface area contributed by atoms with Gasteiger partial charge in [0.15, 0.2) is 5.82 Å². The van der Waals surface area contributed by atoms with Gasteiger partial charge in [-0.25, -0.2) is 4.68 Å². The molecule has 1 N–H and O–H groups in total. The van der Waals surface area contributed by atoms with Crippen LogP contribution in [0, 0.1) is 4.77 Å². The number of halogens is 1. The molecule has 0 radical (unpaired) electrons. The number of hydrogen-bond donors (Lipinski definition) is 1. The third-order valence-electron chi connectivity index (χ3n) is 4.23. The van der Waals surface area contributed by atoms with E-state index >= 15 is 0 Å². The fourth-order valence-corrected chi connectivity index (χ4v) is 3.14. The molecule has 4 rings (SSSR count). The SMILES string of the molecule is CCc1n[nH]c(=S)n1/N=C\c1cn(-c2ccccc2)nc1-c1ccc(Cl)cc1. The van der Waals surface area contributed by atoms with Gasteiger partial charge in [-0.3, -0.25) is 5.10 Å². The van der Waals surface area contributed by atoms with Gasteiger partial charge in [0.1, 0.15) is 5.69 Å². The molecule has 2 aromatic carbocycles. The lowest BCUT2D eigenvalue weighted by atomic mass is 10.1. The first kappa shape index (κ1) is 18.3. The van der Waals surface area contributed by atoms with Crippen molar-refractivity contribution < 1.29 is 0 Å². The van der Waals surface area contributed by atoms with Crippen molar-refractivity contribution in [3.8, 4) is 16.9 Å². The van der Waals surface area contributed by atoms with Crippen molar-refractivity contribution in [2.75, 3.05) is 0 Å². The van der Waals surface area contributed by atoms with Crippen molar-refractivity contribution >= 4 is 30.0 Å². The minimum atomic E-state index is 0.455. The smallest absolute Gasteiger partial charge is 0.216 e.